The Morgan fingerprint density at radius 3 is 2.70 bits per heavy atom. The van der Waals surface area contributed by atoms with Gasteiger partial charge in [0.2, 0.25) is 5.13 Å². The molecule has 0 aliphatic heterocycles. The van der Waals surface area contributed by atoms with Crippen molar-refractivity contribution < 1.29 is 18.3 Å². The van der Waals surface area contributed by atoms with Crippen LogP contribution in [0.5, 0.6) is 5.75 Å². The van der Waals surface area contributed by atoms with E-state index in [1.807, 2.05) is 6.92 Å². The Kier molecular flexibility index (Phi) is 7.30. The molecule has 2 heterocycles. The summed E-state index contributed by atoms with van der Waals surface area (Å²) in [6.07, 6.45) is 2.33. The van der Waals surface area contributed by atoms with E-state index < -0.39 is 5.91 Å². The number of hydrogen-bond donors (Lipinski definition) is 1. The van der Waals surface area contributed by atoms with Gasteiger partial charge in [-0.1, -0.05) is 48.2 Å². The first-order chi connectivity index (χ1) is 16.0. The molecule has 4 aromatic rings. The van der Waals surface area contributed by atoms with Gasteiger partial charge in [0, 0.05) is 5.75 Å². The molecule has 11 heteroatoms. The molecule has 0 spiro atoms. The van der Waals surface area contributed by atoms with Gasteiger partial charge in [-0.3, -0.25) is 10.1 Å². The number of aromatic nitrogens is 4. The number of rotatable bonds is 9. The minimum Gasteiger partial charge on any atom is -0.489 e. The van der Waals surface area contributed by atoms with E-state index in [1.54, 1.807) is 36.5 Å². The average Bonchev–Trinajstić information content (AvgIpc) is 3.44. The molecule has 0 fully saturated rings. The summed E-state index contributed by atoms with van der Waals surface area (Å²) in [4.78, 5) is 12.9. The minimum atomic E-state index is -0.510. The molecular formula is C22H19F2N5O2S2. The van der Waals surface area contributed by atoms with E-state index in [0.717, 1.165) is 6.42 Å². The number of nitrogens with one attached hydrogen (secondary N) is 1. The second kappa shape index (κ2) is 10.5. The summed E-state index contributed by atoms with van der Waals surface area (Å²) >= 11 is 2.51. The summed E-state index contributed by atoms with van der Waals surface area (Å²) in [6.45, 7) is 2.36. The van der Waals surface area contributed by atoms with E-state index >= 15 is 0 Å². The molecule has 1 N–H and O–H groups in total. The highest BCUT2D eigenvalue weighted by Crippen LogP contribution is 2.30. The molecule has 0 bridgehead atoms. The molecule has 1 amide bonds. The second-order valence-corrected chi connectivity index (χ2v) is 9.02. The first kappa shape index (κ1) is 22.9. The van der Waals surface area contributed by atoms with Crippen molar-refractivity contribution in [3.63, 3.8) is 0 Å². The maximum absolute atomic E-state index is 13.8. The fourth-order valence-corrected chi connectivity index (χ4v) is 4.52. The molecule has 0 aliphatic carbocycles. The lowest BCUT2D eigenvalue weighted by Gasteiger charge is -2.03. The smallest absolute Gasteiger partial charge is 0.281 e. The molecule has 33 heavy (non-hydrogen) atoms. The number of hydrogen-bond acceptors (Lipinski definition) is 7. The molecule has 170 valence electrons. The molecule has 7 nitrogen and oxygen atoms in total. The maximum atomic E-state index is 13.8. The summed E-state index contributed by atoms with van der Waals surface area (Å²) < 4.78 is 34.8. The van der Waals surface area contributed by atoms with Crippen molar-refractivity contribution in [2.75, 3.05) is 11.9 Å². The van der Waals surface area contributed by atoms with Crippen LogP contribution in [0.25, 0.3) is 5.69 Å². The van der Waals surface area contributed by atoms with Crippen molar-refractivity contribution in [3.05, 3.63) is 77.6 Å². The third-order valence-electron chi connectivity index (χ3n) is 4.38. The molecular weight excluding hydrogens is 468 g/mol. The number of thioether (sulfide) groups is 1. The number of amides is 1. The lowest BCUT2D eigenvalue weighted by atomic mass is 10.2. The SMILES string of the molecule is CCCOc1cn(-c2ccc(F)cc2)nc1C(=O)Nc1nnc(SCc2ccccc2F)s1. The summed E-state index contributed by atoms with van der Waals surface area (Å²) in [5.74, 6) is -0.460. The highest BCUT2D eigenvalue weighted by atomic mass is 32.2. The Labute approximate surface area is 196 Å². The van der Waals surface area contributed by atoms with Crippen LogP contribution < -0.4 is 10.1 Å². The number of carbonyl (C=O) groups is 1. The molecule has 0 unspecified atom stereocenters. The van der Waals surface area contributed by atoms with Crippen LogP contribution in [0.1, 0.15) is 29.4 Å². The Morgan fingerprint density at radius 1 is 1.15 bits per heavy atom. The topological polar surface area (TPSA) is 81.9 Å². The van der Waals surface area contributed by atoms with Crippen molar-refractivity contribution in [3.8, 4) is 11.4 Å². The molecule has 2 aromatic carbocycles. The van der Waals surface area contributed by atoms with Crippen molar-refractivity contribution in [2.45, 2.75) is 23.4 Å². The van der Waals surface area contributed by atoms with Crippen LogP contribution in [0, 0.1) is 11.6 Å². The van der Waals surface area contributed by atoms with Crippen LogP contribution in [0.3, 0.4) is 0 Å². The average molecular weight is 488 g/mol. The van der Waals surface area contributed by atoms with E-state index in [-0.39, 0.29) is 22.5 Å². The number of anilines is 1. The zero-order valence-corrected chi connectivity index (χ0v) is 19.1. The monoisotopic (exact) mass is 487 g/mol. The van der Waals surface area contributed by atoms with Crippen LogP contribution in [0.15, 0.2) is 59.1 Å². The zero-order chi connectivity index (χ0) is 23.2. The third kappa shape index (κ3) is 5.74. The number of benzene rings is 2. The van der Waals surface area contributed by atoms with Gasteiger partial charge in [-0.2, -0.15) is 5.10 Å². The highest BCUT2D eigenvalue weighted by molar-refractivity contribution is 8.00. The molecule has 0 radical (unpaired) electrons. The Hall–Kier alpha value is -3.31. The van der Waals surface area contributed by atoms with Crippen molar-refractivity contribution >= 4 is 34.1 Å². The predicted molar refractivity (Wildman–Crippen MR) is 123 cm³/mol. The van der Waals surface area contributed by atoms with Crippen LogP contribution in [-0.4, -0.2) is 32.5 Å². The largest absolute Gasteiger partial charge is 0.489 e. The van der Waals surface area contributed by atoms with Crippen LogP contribution in [0.2, 0.25) is 0 Å². The minimum absolute atomic E-state index is 0.0727. The van der Waals surface area contributed by atoms with E-state index in [1.165, 1.54) is 46.0 Å². The van der Waals surface area contributed by atoms with Gasteiger partial charge in [0.15, 0.2) is 15.8 Å². The molecule has 0 saturated carbocycles. The number of ether oxygens (including phenoxy) is 1. The summed E-state index contributed by atoms with van der Waals surface area (Å²) in [5.41, 5.74) is 1.22. The Bertz CT molecular complexity index is 1240. The van der Waals surface area contributed by atoms with Crippen LogP contribution in [0.4, 0.5) is 13.9 Å². The van der Waals surface area contributed by atoms with E-state index in [4.69, 9.17) is 4.74 Å². The first-order valence-corrected chi connectivity index (χ1v) is 11.8. The second-order valence-electron chi connectivity index (χ2n) is 6.82. The fraction of sp³-hybridized carbons (Fsp3) is 0.182. The van der Waals surface area contributed by atoms with Gasteiger partial charge in [-0.05, 0) is 42.3 Å². The number of carbonyl (C=O) groups excluding carboxylic acids is 1. The zero-order valence-electron chi connectivity index (χ0n) is 17.5. The fourth-order valence-electron chi connectivity index (χ4n) is 2.79. The van der Waals surface area contributed by atoms with E-state index in [9.17, 15) is 13.6 Å². The van der Waals surface area contributed by atoms with E-state index in [0.29, 0.717) is 33.7 Å². The van der Waals surface area contributed by atoms with E-state index in [2.05, 4.69) is 20.6 Å². The van der Waals surface area contributed by atoms with Gasteiger partial charge in [-0.15, -0.1) is 10.2 Å². The van der Waals surface area contributed by atoms with Gasteiger partial charge in [0.05, 0.1) is 18.5 Å². The lowest BCUT2D eigenvalue weighted by Crippen LogP contribution is -2.14. The predicted octanol–water partition coefficient (Wildman–Crippen LogP) is 5.34. The van der Waals surface area contributed by atoms with Gasteiger partial charge < -0.3 is 4.74 Å². The summed E-state index contributed by atoms with van der Waals surface area (Å²) in [5, 5.41) is 15.3. The molecule has 4 rings (SSSR count). The first-order valence-electron chi connectivity index (χ1n) is 10.0. The van der Waals surface area contributed by atoms with Crippen molar-refractivity contribution in [1.82, 2.24) is 20.0 Å². The Morgan fingerprint density at radius 2 is 1.94 bits per heavy atom. The summed E-state index contributed by atoms with van der Waals surface area (Å²) in [6, 6.07) is 12.3. The number of halogens is 2. The van der Waals surface area contributed by atoms with Gasteiger partial charge >= 0.3 is 0 Å². The van der Waals surface area contributed by atoms with Gasteiger partial charge in [0.1, 0.15) is 11.6 Å². The van der Waals surface area contributed by atoms with Gasteiger partial charge in [-0.25, -0.2) is 13.5 Å². The maximum Gasteiger partial charge on any atom is 0.281 e. The Balaban J connectivity index is 1.47. The van der Waals surface area contributed by atoms with Crippen molar-refractivity contribution in [1.29, 1.82) is 0 Å². The van der Waals surface area contributed by atoms with Crippen LogP contribution >= 0.6 is 23.1 Å². The van der Waals surface area contributed by atoms with Crippen LogP contribution in [-0.2, 0) is 5.75 Å². The van der Waals surface area contributed by atoms with Gasteiger partial charge in [0.25, 0.3) is 5.91 Å². The normalized spacial score (nSPS) is 10.9. The standard InChI is InChI=1S/C22H19F2N5O2S2/c1-2-11-31-18-12-29(16-9-7-15(23)8-10-16)28-19(18)20(30)25-21-26-27-22(33-21)32-13-14-5-3-4-6-17(14)24/h3-10,12H,2,11,13H2,1H3,(H,25,26,30). The number of nitrogens with zero attached hydrogens (tertiary/aromatic N) is 4. The molecule has 0 aliphatic rings. The lowest BCUT2D eigenvalue weighted by molar-refractivity contribution is 0.101. The molecule has 0 saturated heterocycles. The summed E-state index contributed by atoms with van der Waals surface area (Å²) in [7, 11) is 0. The van der Waals surface area contributed by atoms with Crippen molar-refractivity contribution in [2.24, 2.45) is 0 Å². The molecule has 2 aromatic heterocycles. The molecule has 0 atom stereocenters. The highest BCUT2D eigenvalue weighted by Gasteiger charge is 2.21. The quantitative estimate of drug-likeness (QED) is 0.254. The third-order valence-corrected chi connectivity index (χ3v) is 6.41.